The van der Waals surface area contributed by atoms with Gasteiger partial charge in [0.2, 0.25) is 5.91 Å². The van der Waals surface area contributed by atoms with E-state index in [4.69, 9.17) is 0 Å². The quantitative estimate of drug-likeness (QED) is 0.834. The van der Waals surface area contributed by atoms with Crippen molar-refractivity contribution >= 4 is 17.5 Å². The van der Waals surface area contributed by atoms with Crippen LogP contribution in [-0.4, -0.2) is 28.1 Å². The van der Waals surface area contributed by atoms with Gasteiger partial charge in [0.15, 0.2) is 0 Å². The smallest absolute Gasteiger partial charge is 0.272 e. The molecule has 2 amide bonds. The first-order valence-electron chi connectivity index (χ1n) is 8.14. The third-order valence-corrected chi connectivity index (χ3v) is 3.69. The van der Waals surface area contributed by atoms with Crippen molar-refractivity contribution in [1.29, 1.82) is 0 Å². The highest BCUT2D eigenvalue weighted by atomic mass is 16.2. The van der Waals surface area contributed by atoms with Crippen molar-refractivity contribution < 1.29 is 9.59 Å². The number of hydrogen-bond donors (Lipinski definition) is 2. The molecule has 0 fully saturated rings. The Labute approximate surface area is 146 Å². The van der Waals surface area contributed by atoms with E-state index in [-0.39, 0.29) is 23.7 Å². The van der Waals surface area contributed by atoms with Crippen LogP contribution in [0.15, 0.2) is 35.1 Å². The predicted octanol–water partition coefficient (Wildman–Crippen LogP) is 1.64. The summed E-state index contributed by atoms with van der Waals surface area (Å²) in [4.78, 5) is 35.8. The highest BCUT2D eigenvalue weighted by Gasteiger charge is 2.12. The Morgan fingerprint density at radius 3 is 2.44 bits per heavy atom. The van der Waals surface area contributed by atoms with Crippen LogP contribution in [0.1, 0.15) is 35.0 Å². The number of anilines is 1. The second kappa shape index (κ2) is 8.23. The molecule has 2 rings (SSSR count). The number of nitrogens with one attached hydrogen (secondary N) is 2. The van der Waals surface area contributed by atoms with Crippen LogP contribution in [-0.2, 0) is 11.3 Å². The molecule has 0 bridgehead atoms. The van der Waals surface area contributed by atoms with Crippen LogP contribution in [0, 0.1) is 13.8 Å². The molecule has 0 radical (unpaired) electrons. The number of aromatic nitrogens is 2. The number of benzene rings is 1. The minimum atomic E-state index is -0.499. The number of para-hydroxylation sites is 1. The van der Waals surface area contributed by atoms with Gasteiger partial charge in [0, 0.05) is 18.3 Å². The predicted molar refractivity (Wildman–Crippen MR) is 95.7 cm³/mol. The minimum Gasteiger partial charge on any atom is -0.342 e. The van der Waals surface area contributed by atoms with E-state index in [1.165, 1.54) is 16.8 Å². The summed E-state index contributed by atoms with van der Waals surface area (Å²) in [6.45, 7) is 5.98. The zero-order valence-electron chi connectivity index (χ0n) is 14.6. The Morgan fingerprint density at radius 1 is 1.12 bits per heavy atom. The van der Waals surface area contributed by atoms with Crippen molar-refractivity contribution in [3.05, 3.63) is 57.5 Å². The summed E-state index contributed by atoms with van der Waals surface area (Å²) in [7, 11) is 0. The second-order valence-electron chi connectivity index (χ2n) is 5.78. The van der Waals surface area contributed by atoms with Crippen molar-refractivity contribution in [2.45, 2.75) is 33.7 Å². The van der Waals surface area contributed by atoms with Gasteiger partial charge < -0.3 is 10.6 Å². The first-order valence-corrected chi connectivity index (χ1v) is 8.14. The highest BCUT2D eigenvalue weighted by molar-refractivity contribution is 5.98. The van der Waals surface area contributed by atoms with Crippen LogP contribution in [0.2, 0.25) is 0 Å². The zero-order valence-corrected chi connectivity index (χ0v) is 14.6. The Balaban J connectivity index is 1.99. The molecular formula is C18H22N4O3. The van der Waals surface area contributed by atoms with Crippen LogP contribution in [0.3, 0.4) is 0 Å². The van der Waals surface area contributed by atoms with E-state index in [9.17, 15) is 14.4 Å². The van der Waals surface area contributed by atoms with Crippen LogP contribution in [0.25, 0.3) is 0 Å². The lowest BCUT2D eigenvalue weighted by molar-refractivity contribution is -0.115. The molecule has 1 aromatic carbocycles. The lowest BCUT2D eigenvalue weighted by Gasteiger charge is -2.12. The molecule has 0 saturated heterocycles. The third kappa shape index (κ3) is 4.76. The molecule has 2 N–H and O–H groups in total. The maximum atomic E-state index is 12.1. The normalized spacial score (nSPS) is 10.4. The molecule has 1 aromatic heterocycles. The van der Waals surface area contributed by atoms with Gasteiger partial charge in [-0.05, 0) is 37.5 Å². The molecule has 0 saturated carbocycles. The summed E-state index contributed by atoms with van der Waals surface area (Å²) in [5.74, 6) is -0.825. The van der Waals surface area contributed by atoms with Crippen molar-refractivity contribution in [3.8, 4) is 0 Å². The van der Waals surface area contributed by atoms with Gasteiger partial charge in [-0.1, -0.05) is 25.1 Å². The molecule has 7 nitrogen and oxygen atoms in total. The van der Waals surface area contributed by atoms with E-state index in [0.29, 0.717) is 6.54 Å². The van der Waals surface area contributed by atoms with Crippen molar-refractivity contribution in [3.63, 3.8) is 0 Å². The molecule has 0 atom stereocenters. The average molecular weight is 342 g/mol. The van der Waals surface area contributed by atoms with Gasteiger partial charge in [-0.25, -0.2) is 4.68 Å². The van der Waals surface area contributed by atoms with Gasteiger partial charge in [0.1, 0.15) is 5.69 Å². The number of amides is 2. The molecule has 0 unspecified atom stereocenters. The summed E-state index contributed by atoms with van der Waals surface area (Å²) in [5.41, 5.74) is 2.50. The molecule has 2 aromatic rings. The standard InChI is InChI=1S/C18H22N4O3/c1-4-10-22-16(24)9-8-14(21-22)18(25)19-11-15(23)20-17-12(2)6-5-7-13(17)3/h5-9H,4,10-11H2,1-3H3,(H,19,25)(H,20,23). The zero-order chi connectivity index (χ0) is 18.4. The molecular weight excluding hydrogens is 320 g/mol. The van der Waals surface area contributed by atoms with Crippen LogP contribution in [0.4, 0.5) is 5.69 Å². The molecule has 0 aliphatic heterocycles. The Kier molecular flexibility index (Phi) is 6.05. The fraction of sp³-hybridized carbons (Fsp3) is 0.333. The van der Waals surface area contributed by atoms with Crippen LogP contribution < -0.4 is 16.2 Å². The molecule has 0 aliphatic carbocycles. The van der Waals surface area contributed by atoms with Gasteiger partial charge in [0.25, 0.3) is 11.5 Å². The summed E-state index contributed by atoms with van der Waals surface area (Å²) < 4.78 is 1.24. The maximum absolute atomic E-state index is 12.1. The molecule has 132 valence electrons. The molecule has 1 heterocycles. The van der Waals surface area contributed by atoms with Gasteiger partial charge in [-0.3, -0.25) is 14.4 Å². The lowest BCUT2D eigenvalue weighted by atomic mass is 10.1. The molecule has 7 heteroatoms. The average Bonchev–Trinajstić information content (AvgIpc) is 2.58. The number of nitrogens with zero attached hydrogens (tertiary/aromatic N) is 2. The summed E-state index contributed by atoms with van der Waals surface area (Å²) in [6.07, 6.45) is 0.732. The number of carbonyl (C=O) groups excluding carboxylic acids is 2. The highest BCUT2D eigenvalue weighted by Crippen LogP contribution is 2.18. The summed E-state index contributed by atoms with van der Waals surface area (Å²) >= 11 is 0. The van der Waals surface area contributed by atoms with Crippen molar-refractivity contribution in [2.24, 2.45) is 0 Å². The van der Waals surface area contributed by atoms with E-state index < -0.39 is 5.91 Å². The van der Waals surface area contributed by atoms with E-state index in [1.54, 1.807) is 0 Å². The topological polar surface area (TPSA) is 93.1 Å². The third-order valence-electron chi connectivity index (χ3n) is 3.69. The number of hydrogen-bond acceptors (Lipinski definition) is 4. The largest absolute Gasteiger partial charge is 0.342 e. The van der Waals surface area contributed by atoms with Gasteiger partial charge >= 0.3 is 0 Å². The Hall–Kier alpha value is -2.96. The first-order chi connectivity index (χ1) is 11.9. The molecule has 0 spiro atoms. The van der Waals surface area contributed by atoms with Crippen molar-refractivity contribution in [1.82, 2.24) is 15.1 Å². The SMILES string of the molecule is CCCn1nc(C(=O)NCC(=O)Nc2c(C)cccc2C)ccc1=O. The monoisotopic (exact) mass is 342 g/mol. The van der Waals surface area contributed by atoms with E-state index in [0.717, 1.165) is 23.2 Å². The van der Waals surface area contributed by atoms with Crippen LogP contribution in [0.5, 0.6) is 0 Å². The minimum absolute atomic E-state index is 0.105. The van der Waals surface area contributed by atoms with Crippen molar-refractivity contribution in [2.75, 3.05) is 11.9 Å². The van der Waals surface area contributed by atoms with E-state index in [2.05, 4.69) is 15.7 Å². The maximum Gasteiger partial charge on any atom is 0.272 e. The second-order valence-corrected chi connectivity index (χ2v) is 5.78. The Morgan fingerprint density at radius 2 is 1.80 bits per heavy atom. The van der Waals surface area contributed by atoms with Crippen LogP contribution >= 0.6 is 0 Å². The number of aryl methyl sites for hydroxylation is 3. The van der Waals surface area contributed by atoms with Gasteiger partial charge in [-0.2, -0.15) is 5.10 Å². The summed E-state index contributed by atoms with van der Waals surface area (Å²) in [5, 5.41) is 9.33. The fourth-order valence-electron chi connectivity index (χ4n) is 2.39. The number of rotatable bonds is 6. The summed E-state index contributed by atoms with van der Waals surface area (Å²) in [6, 6.07) is 8.38. The van der Waals surface area contributed by atoms with Gasteiger partial charge in [-0.15, -0.1) is 0 Å². The molecule has 25 heavy (non-hydrogen) atoms. The Bertz CT molecular complexity index is 822. The first kappa shape index (κ1) is 18.4. The van der Waals surface area contributed by atoms with Gasteiger partial charge in [0.05, 0.1) is 6.54 Å². The van der Waals surface area contributed by atoms with E-state index in [1.807, 2.05) is 39.0 Å². The number of carbonyl (C=O) groups is 2. The molecule has 0 aliphatic rings. The lowest BCUT2D eigenvalue weighted by Crippen LogP contribution is -2.35. The fourth-order valence-corrected chi connectivity index (χ4v) is 2.39. The van der Waals surface area contributed by atoms with E-state index >= 15 is 0 Å².